The Labute approximate surface area is 119 Å². The molecule has 1 aromatic heterocycles. The molecule has 0 saturated carbocycles. The fourth-order valence-electron chi connectivity index (χ4n) is 1.90. The number of anilines is 1. The zero-order valence-electron chi connectivity index (χ0n) is 11.8. The van der Waals surface area contributed by atoms with E-state index in [2.05, 4.69) is 50.4 Å². The summed E-state index contributed by atoms with van der Waals surface area (Å²) in [5.74, 6) is 0.932. The molecule has 1 unspecified atom stereocenters. The number of aryl methyl sites for hydroxylation is 1. The molecule has 0 amide bonds. The Bertz CT molecular complexity index is 521. The fraction of sp³-hybridized carbons (Fsp3) is 0.375. The average molecular weight is 275 g/mol. The monoisotopic (exact) mass is 275 g/mol. The average Bonchev–Trinajstić information content (AvgIpc) is 2.83. The fourth-order valence-corrected chi connectivity index (χ4v) is 2.78. The molecule has 1 heterocycles. The summed E-state index contributed by atoms with van der Waals surface area (Å²) in [6, 6.07) is 12.8. The Balaban J connectivity index is 2.02. The predicted octanol–water partition coefficient (Wildman–Crippen LogP) is 5.02. The maximum atomic E-state index is 5.65. The van der Waals surface area contributed by atoms with Gasteiger partial charge < -0.3 is 10.1 Å². The maximum Gasteiger partial charge on any atom is 0.121 e. The topological polar surface area (TPSA) is 21.3 Å². The quantitative estimate of drug-likeness (QED) is 0.799. The normalized spacial score (nSPS) is 12.2. The Hall–Kier alpha value is -1.48. The second-order valence-electron chi connectivity index (χ2n) is 4.69. The molecule has 0 saturated heterocycles. The van der Waals surface area contributed by atoms with Gasteiger partial charge in [0.1, 0.15) is 5.75 Å². The zero-order valence-corrected chi connectivity index (χ0v) is 12.6. The lowest BCUT2D eigenvalue weighted by Crippen LogP contribution is -2.05. The van der Waals surface area contributed by atoms with Gasteiger partial charge in [-0.1, -0.05) is 13.0 Å². The third-order valence-electron chi connectivity index (χ3n) is 2.88. The van der Waals surface area contributed by atoms with Gasteiger partial charge in [-0.3, -0.25) is 0 Å². The molecule has 19 heavy (non-hydrogen) atoms. The summed E-state index contributed by atoms with van der Waals surface area (Å²) in [4.78, 5) is 2.71. The van der Waals surface area contributed by atoms with Crippen molar-refractivity contribution >= 4 is 17.0 Å². The molecule has 1 N–H and O–H groups in total. The van der Waals surface area contributed by atoms with Crippen molar-refractivity contribution in [1.29, 1.82) is 0 Å². The minimum Gasteiger partial charge on any atom is -0.494 e. The van der Waals surface area contributed by atoms with Crippen LogP contribution in [0.3, 0.4) is 0 Å². The molecule has 0 aliphatic heterocycles. The minimum atomic E-state index is 0.320. The van der Waals surface area contributed by atoms with E-state index >= 15 is 0 Å². The van der Waals surface area contributed by atoms with E-state index in [1.54, 1.807) is 0 Å². The number of ether oxygens (including phenoxy) is 1. The maximum absolute atomic E-state index is 5.65. The lowest BCUT2D eigenvalue weighted by Gasteiger charge is -2.14. The Morgan fingerprint density at radius 1 is 1.26 bits per heavy atom. The third kappa shape index (κ3) is 4.00. The van der Waals surface area contributed by atoms with E-state index in [1.165, 1.54) is 9.75 Å². The summed E-state index contributed by atoms with van der Waals surface area (Å²) in [6.07, 6.45) is 1.03. The first-order chi connectivity index (χ1) is 9.19. The number of rotatable bonds is 6. The van der Waals surface area contributed by atoms with Crippen LogP contribution in [0.1, 0.15) is 36.1 Å². The molecule has 1 aromatic carbocycles. The second-order valence-corrected chi connectivity index (χ2v) is 6.01. The lowest BCUT2D eigenvalue weighted by atomic mass is 10.2. The molecule has 0 aliphatic carbocycles. The summed E-state index contributed by atoms with van der Waals surface area (Å²) >= 11 is 1.84. The van der Waals surface area contributed by atoms with Gasteiger partial charge >= 0.3 is 0 Å². The van der Waals surface area contributed by atoms with Gasteiger partial charge in [-0.25, -0.2) is 0 Å². The van der Waals surface area contributed by atoms with E-state index in [0.717, 1.165) is 24.5 Å². The van der Waals surface area contributed by atoms with Crippen molar-refractivity contribution in [1.82, 2.24) is 0 Å². The summed E-state index contributed by atoms with van der Waals surface area (Å²) in [5.41, 5.74) is 1.10. The lowest BCUT2D eigenvalue weighted by molar-refractivity contribution is 0.317. The first kappa shape index (κ1) is 13.9. The molecule has 2 aromatic rings. The summed E-state index contributed by atoms with van der Waals surface area (Å²) < 4.78 is 5.65. The van der Waals surface area contributed by atoms with Crippen molar-refractivity contribution in [2.24, 2.45) is 0 Å². The summed E-state index contributed by atoms with van der Waals surface area (Å²) in [6.45, 7) is 7.21. The molecular weight excluding hydrogens is 254 g/mol. The van der Waals surface area contributed by atoms with Crippen LogP contribution >= 0.6 is 11.3 Å². The first-order valence-electron chi connectivity index (χ1n) is 6.74. The van der Waals surface area contributed by atoms with Gasteiger partial charge in [-0.05, 0) is 44.5 Å². The van der Waals surface area contributed by atoms with Crippen LogP contribution in [-0.2, 0) is 0 Å². The van der Waals surface area contributed by atoms with Crippen LogP contribution in [0.5, 0.6) is 5.75 Å². The highest BCUT2D eigenvalue weighted by molar-refractivity contribution is 7.12. The SMILES string of the molecule is CCCOc1cccc(NC(C)c2ccc(C)s2)c1. The number of hydrogen-bond donors (Lipinski definition) is 1. The standard InChI is InChI=1S/C16H21NOS/c1-4-10-18-15-7-5-6-14(11-15)17-13(3)16-9-8-12(2)19-16/h5-9,11,13,17H,4,10H2,1-3H3. The van der Waals surface area contributed by atoms with Gasteiger partial charge in [0.15, 0.2) is 0 Å². The van der Waals surface area contributed by atoms with Crippen LogP contribution in [0.15, 0.2) is 36.4 Å². The smallest absolute Gasteiger partial charge is 0.121 e. The highest BCUT2D eigenvalue weighted by Gasteiger charge is 2.07. The number of benzene rings is 1. The van der Waals surface area contributed by atoms with E-state index in [1.807, 2.05) is 23.5 Å². The molecule has 0 radical (unpaired) electrons. The molecule has 0 spiro atoms. The van der Waals surface area contributed by atoms with Crippen molar-refractivity contribution < 1.29 is 4.74 Å². The van der Waals surface area contributed by atoms with Crippen molar-refractivity contribution in [3.8, 4) is 5.75 Å². The van der Waals surface area contributed by atoms with E-state index < -0.39 is 0 Å². The molecule has 2 nitrogen and oxygen atoms in total. The highest BCUT2D eigenvalue weighted by Crippen LogP contribution is 2.27. The van der Waals surface area contributed by atoms with Crippen molar-refractivity contribution in [3.63, 3.8) is 0 Å². The Morgan fingerprint density at radius 3 is 2.79 bits per heavy atom. The van der Waals surface area contributed by atoms with Crippen LogP contribution in [0.25, 0.3) is 0 Å². The highest BCUT2D eigenvalue weighted by atomic mass is 32.1. The number of nitrogens with one attached hydrogen (secondary N) is 1. The van der Waals surface area contributed by atoms with E-state index in [9.17, 15) is 0 Å². The van der Waals surface area contributed by atoms with E-state index in [0.29, 0.717) is 6.04 Å². The molecular formula is C16H21NOS. The van der Waals surface area contributed by atoms with Crippen molar-refractivity contribution in [3.05, 3.63) is 46.2 Å². The molecule has 2 rings (SSSR count). The van der Waals surface area contributed by atoms with Crippen LogP contribution in [-0.4, -0.2) is 6.61 Å². The minimum absolute atomic E-state index is 0.320. The van der Waals surface area contributed by atoms with Crippen LogP contribution < -0.4 is 10.1 Å². The summed E-state index contributed by atoms with van der Waals surface area (Å²) in [5, 5.41) is 3.52. The molecule has 3 heteroatoms. The van der Waals surface area contributed by atoms with E-state index in [-0.39, 0.29) is 0 Å². The van der Waals surface area contributed by atoms with Gasteiger partial charge in [0, 0.05) is 21.5 Å². The molecule has 0 aliphatic rings. The van der Waals surface area contributed by atoms with Gasteiger partial charge in [-0.2, -0.15) is 0 Å². The van der Waals surface area contributed by atoms with Crippen LogP contribution in [0.2, 0.25) is 0 Å². The van der Waals surface area contributed by atoms with Crippen LogP contribution in [0, 0.1) is 6.92 Å². The largest absolute Gasteiger partial charge is 0.494 e. The predicted molar refractivity (Wildman–Crippen MR) is 83.3 cm³/mol. The van der Waals surface area contributed by atoms with Gasteiger partial charge in [0.05, 0.1) is 12.6 Å². The van der Waals surface area contributed by atoms with Gasteiger partial charge in [-0.15, -0.1) is 11.3 Å². The second kappa shape index (κ2) is 6.62. The number of hydrogen-bond acceptors (Lipinski definition) is 3. The zero-order chi connectivity index (χ0) is 13.7. The van der Waals surface area contributed by atoms with E-state index in [4.69, 9.17) is 4.74 Å². The Morgan fingerprint density at radius 2 is 2.11 bits per heavy atom. The van der Waals surface area contributed by atoms with Crippen molar-refractivity contribution in [2.45, 2.75) is 33.2 Å². The van der Waals surface area contributed by atoms with Gasteiger partial charge in [0.2, 0.25) is 0 Å². The first-order valence-corrected chi connectivity index (χ1v) is 7.56. The number of thiophene rings is 1. The van der Waals surface area contributed by atoms with Gasteiger partial charge in [0.25, 0.3) is 0 Å². The Kier molecular flexibility index (Phi) is 4.86. The van der Waals surface area contributed by atoms with Crippen LogP contribution in [0.4, 0.5) is 5.69 Å². The molecule has 102 valence electrons. The molecule has 0 bridgehead atoms. The molecule has 0 fully saturated rings. The molecule has 1 atom stereocenters. The van der Waals surface area contributed by atoms with Crippen molar-refractivity contribution in [2.75, 3.05) is 11.9 Å². The third-order valence-corrected chi connectivity index (χ3v) is 4.06. The summed E-state index contributed by atoms with van der Waals surface area (Å²) in [7, 11) is 0.